The lowest BCUT2D eigenvalue weighted by molar-refractivity contribution is 0.177. The molecular formula is C4H9NO2. The standard InChI is InChI=1S/C4H7NO2.H2/c1-3-2-7-4(6)5-3;/h3H,2H2,1H3,(H,5,6);1H. The zero-order valence-electron chi connectivity index (χ0n) is 4.10. The number of rotatable bonds is 0. The van der Waals surface area contributed by atoms with Crippen molar-refractivity contribution in [3.63, 3.8) is 0 Å². The fourth-order valence-electron chi connectivity index (χ4n) is 0.485. The summed E-state index contributed by atoms with van der Waals surface area (Å²) in [5, 5.41) is 2.56. The van der Waals surface area contributed by atoms with Crippen molar-refractivity contribution >= 4 is 6.09 Å². The van der Waals surface area contributed by atoms with Crippen molar-refractivity contribution in [2.45, 2.75) is 13.0 Å². The molecule has 42 valence electrons. The van der Waals surface area contributed by atoms with Crippen LogP contribution in [0.2, 0.25) is 0 Å². The Labute approximate surface area is 43.1 Å². The van der Waals surface area contributed by atoms with E-state index < -0.39 is 0 Å². The van der Waals surface area contributed by atoms with Crippen LogP contribution in [0.3, 0.4) is 0 Å². The number of ether oxygens (including phenoxy) is 1. The summed E-state index contributed by atoms with van der Waals surface area (Å²) in [6, 6.07) is 0.201. The Morgan fingerprint density at radius 3 is 3.00 bits per heavy atom. The third kappa shape index (κ3) is 0.824. The minimum absolute atomic E-state index is 0. The molecule has 1 aliphatic rings. The van der Waals surface area contributed by atoms with Gasteiger partial charge in [-0.2, -0.15) is 0 Å². The van der Waals surface area contributed by atoms with E-state index in [2.05, 4.69) is 10.1 Å². The molecule has 1 amide bonds. The van der Waals surface area contributed by atoms with Gasteiger partial charge in [0, 0.05) is 1.43 Å². The number of carbonyl (C=O) groups is 1. The third-order valence-corrected chi connectivity index (χ3v) is 0.829. The highest BCUT2D eigenvalue weighted by molar-refractivity contribution is 5.69. The van der Waals surface area contributed by atoms with Crippen LogP contribution in [0.5, 0.6) is 0 Å². The second kappa shape index (κ2) is 1.40. The van der Waals surface area contributed by atoms with E-state index in [1.165, 1.54) is 0 Å². The van der Waals surface area contributed by atoms with Gasteiger partial charge in [0.2, 0.25) is 0 Å². The maximum atomic E-state index is 10.1. The molecule has 0 aromatic rings. The summed E-state index contributed by atoms with van der Waals surface area (Å²) in [5.74, 6) is 0. The molecular weight excluding hydrogens is 94.0 g/mol. The molecule has 1 unspecified atom stereocenters. The molecule has 1 saturated heterocycles. The molecule has 1 fully saturated rings. The van der Waals surface area contributed by atoms with E-state index in [1.807, 2.05) is 6.92 Å². The van der Waals surface area contributed by atoms with E-state index >= 15 is 0 Å². The Kier molecular flexibility index (Phi) is 0.889. The summed E-state index contributed by atoms with van der Waals surface area (Å²) >= 11 is 0. The fraction of sp³-hybridized carbons (Fsp3) is 0.750. The van der Waals surface area contributed by atoms with E-state index in [4.69, 9.17) is 0 Å². The molecule has 0 spiro atoms. The minimum atomic E-state index is -0.299. The lowest BCUT2D eigenvalue weighted by atomic mass is 10.4. The molecule has 1 heterocycles. The summed E-state index contributed by atoms with van der Waals surface area (Å²) in [7, 11) is 0. The maximum Gasteiger partial charge on any atom is 0.407 e. The second-order valence-corrected chi connectivity index (χ2v) is 1.64. The highest BCUT2D eigenvalue weighted by atomic mass is 16.6. The summed E-state index contributed by atoms with van der Waals surface area (Å²) < 4.78 is 4.52. The summed E-state index contributed by atoms with van der Waals surface area (Å²) in [4.78, 5) is 10.1. The monoisotopic (exact) mass is 103 g/mol. The number of carbonyl (C=O) groups excluding carboxylic acids is 1. The van der Waals surface area contributed by atoms with Crippen LogP contribution < -0.4 is 5.32 Å². The molecule has 0 radical (unpaired) electrons. The molecule has 1 aliphatic heterocycles. The zero-order valence-corrected chi connectivity index (χ0v) is 4.10. The first-order valence-electron chi connectivity index (χ1n) is 2.22. The lowest BCUT2D eigenvalue weighted by Gasteiger charge is -1.90. The van der Waals surface area contributed by atoms with Gasteiger partial charge in [-0.25, -0.2) is 4.79 Å². The number of amides is 1. The number of hydrogen-bond donors (Lipinski definition) is 1. The Balaban J connectivity index is 0.000000490. The Morgan fingerprint density at radius 2 is 2.86 bits per heavy atom. The fourth-order valence-corrected chi connectivity index (χ4v) is 0.485. The van der Waals surface area contributed by atoms with Gasteiger partial charge in [0.1, 0.15) is 6.61 Å². The first-order chi connectivity index (χ1) is 3.29. The predicted molar refractivity (Wildman–Crippen MR) is 26.1 cm³/mol. The van der Waals surface area contributed by atoms with Gasteiger partial charge in [-0.15, -0.1) is 0 Å². The van der Waals surface area contributed by atoms with Crippen LogP contribution in [0.4, 0.5) is 4.79 Å². The molecule has 3 heteroatoms. The van der Waals surface area contributed by atoms with Crippen molar-refractivity contribution in [3.05, 3.63) is 0 Å². The van der Waals surface area contributed by atoms with Gasteiger partial charge in [0.25, 0.3) is 0 Å². The van der Waals surface area contributed by atoms with Crippen molar-refractivity contribution in [2.24, 2.45) is 0 Å². The van der Waals surface area contributed by atoms with Gasteiger partial charge in [-0.3, -0.25) is 0 Å². The van der Waals surface area contributed by atoms with E-state index in [0.717, 1.165) is 0 Å². The summed E-state index contributed by atoms with van der Waals surface area (Å²) in [6.45, 7) is 2.41. The number of cyclic esters (lactones) is 1. The number of nitrogens with one attached hydrogen (secondary N) is 1. The smallest absolute Gasteiger partial charge is 0.407 e. The normalized spacial score (nSPS) is 29.3. The van der Waals surface area contributed by atoms with Crippen LogP contribution >= 0.6 is 0 Å². The van der Waals surface area contributed by atoms with Gasteiger partial charge in [0.05, 0.1) is 6.04 Å². The molecule has 0 aromatic heterocycles. The number of hydrogen-bond acceptors (Lipinski definition) is 2. The largest absolute Gasteiger partial charge is 0.447 e. The summed E-state index contributed by atoms with van der Waals surface area (Å²) in [5.41, 5.74) is 0. The third-order valence-electron chi connectivity index (χ3n) is 0.829. The van der Waals surface area contributed by atoms with Crippen LogP contribution in [0.25, 0.3) is 0 Å². The van der Waals surface area contributed by atoms with Crippen LogP contribution in [0, 0.1) is 0 Å². The lowest BCUT2D eigenvalue weighted by Crippen LogP contribution is -2.21. The first-order valence-corrected chi connectivity index (χ1v) is 2.22. The van der Waals surface area contributed by atoms with Gasteiger partial charge in [-0.1, -0.05) is 0 Å². The van der Waals surface area contributed by atoms with Gasteiger partial charge in [-0.05, 0) is 6.92 Å². The molecule has 7 heavy (non-hydrogen) atoms. The summed E-state index contributed by atoms with van der Waals surface area (Å²) in [6.07, 6.45) is -0.299. The molecule has 1 N–H and O–H groups in total. The van der Waals surface area contributed by atoms with Crippen LogP contribution in [-0.4, -0.2) is 18.7 Å². The van der Waals surface area contributed by atoms with E-state index in [1.54, 1.807) is 0 Å². The molecule has 1 atom stereocenters. The van der Waals surface area contributed by atoms with E-state index in [9.17, 15) is 4.79 Å². The Hall–Kier alpha value is -0.730. The van der Waals surface area contributed by atoms with Gasteiger partial charge in [0.15, 0.2) is 0 Å². The Bertz CT molecular complexity index is 96.0. The highest BCUT2D eigenvalue weighted by Crippen LogP contribution is 1.93. The van der Waals surface area contributed by atoms with Crippen LogP contribution in [0.15, 0.2) is 0 Å². The SMILES string of the molecule is CC1COC(=O)N1.[HH]. The molecule has 1 rings (SSSR count). The van der Waals surface area contributed by atoms with Gasteiger partial charge >= 0.3 is 6.09 Å². The van der Waals surface area contributed by atoms with Crippen molar-refractivity contribution in [2.75, 3.05) is 6.61 Å². The minimum Gasteiger partial charge on any atom is -0.447 e. The second-order valence-electron chi connectivity index (χ2n) is 1.64. The quantitative estimate of drug-likeness (QED) is 0.480. The molecule has 3 nitrogen and oxygen atoms in total. The van der Waals surface area contributed by atoms with Gasteiger partial charge < -0.3 is 10.1 Å². The van der Waals surface area contributed by atoms with Crippen molar-refractivity contribution in [1.82, 2.24) is 5.32 Å². The van der Waals surface area contributed by atoms with E-state index in [0.29, 0.717) is 6.61 Å². The average Bonchev–Trinajstić information content (AvgIpc) is 1.87. The van der Waals surface area contributed by atoms with Crippen molar-refractivity contribution < 1.29 is 11.0 Å². The zero-order chi connectivity index (χ0) is 5.28. The average molecular weight is 103 g/mol. The Morgan fingerprint density at radius 1 is 2.14 bits per heavy atom. The molecule has 0 aliphatic carbocycles. The first kappa shape index (κ1) is 4.43. The van der Waals surface area contributed by atoms with Crippen LogP contribution in [0.1, 0.15) is 8.35 Å². The van der Waals surface area contributed by atoms with E-state index in [-0.39, 0.29) is 13.6 Å². The van der Waals surface area contributed by atoms with Crippen LogP contribution in [-0.2, 0) is 4.74 Å². The van der Waals surface area contributed by atoms with Crippen molar-refractivity contribution in [3.8, 4) is 0 Å². The molecule has 0 saturated carbocycles. The highest BCUT2D eigenvalue weighted by Gasteiger charge is 2.15. The number of alkyl carbamates (subject to hydrolysis) is 1. The molecule has 0 aromatic carbocycles. The topological polar surface area (TPSA) is 38.3 Å². The maximum absolute atomic E-state index is 10.1. The predicted octanol–water partition coefficient (Wildman–Crippen LogP) is 0.361. The van der Waals surface area contributed by atoms with Crippen molar-refractivity contribution in [1.29, 1.82) is 0 Å². The molecule has 0 bridgehead atoms.